The molecular weight excluding hydrogens is 861 g/mol. The second-order valence-electron chi connectivity index (χ2n) is 11.8. The van der Waals surface area contributed by atoms with Gasteiger partial charge < -0.3 is 30.4 Å². The van der Waals surface area contributed by atoms with Crippen LogP contribution in [0.25, 0.3) is 11.4 Å². The molecule has 4 aromatic heterocycles. The van der Waals surface area contributed by atoms with E-state index in [2.05, 4.69) is 51.0 Å². The van der Waals surface area contributed by atoms with E-state index in [-0.39, 0.29) is 36.0 Å². The first-order chi connectivity index (χ1) is 29.0. The normalized spacial score (nSPS) is 11.3. The van der Waals surface area contributed by atoms with E-state index in [1.165, 1.54) is 69.8 Å². The van der Waals surface area contributed by atoms with Gasteiger partial charge in [0.2, 0.25) is 0 Å². The minimum absolute atomic E-state index is 0.0725. The fourth-order valence-electron chi connectivity index (χ4n) is 5.25. The third kappa shape index (κ3) is 10.3. The quantitative estimate of drug-likeness (QED) is 0.0229. The van der Waals surface area contributed by atoms with Gasteiger partial charge in [-0.1, -0.05) is 46.2 Å². The summed E-state index contributed by atoms with van der Waals surface area (Å²) in [5, 5.41) is 43.1. The number of nitrogens with zero attached hydrogens (tertiary/aromatic N) is 12. The van der Waals surface area contributed by atoms with Gasteiger partial charge in [0.1, 0.15) is 13.2 Å². The minimum atomic E-state index is -0.586. The largest absolute Gasteiger partial charge is 0.465 e. The number of benzene rings is 2. The maximum atomic E-state index is 12.3. The van der Waals surface area contributed by atoms with Crippen molar-refractivity contribution in [3.05, 3.63) is 70.0 Å². The Morgan fingerprint density at radius 2 is 1.08 bits per heavy atom. The number of nitrogen functional groups attached to an aromatic ring is 2. The van der Waals surface area contributed by atoms with Crippen molar-refractivity contribution in [1.82, 2.24) is 40.0 Å². The summed E-state index contributed by atoms with van der Waals surface area (Å²) in [6, 6.07) is 9.51. The molecule has 60 heavy (non-hydrogen) atoms. The number of hydrogen-bond donors (Lipinski definition) is 2. The van der Waals surface area contributed by atoms with E-state index in [0.717, 1.165) is 0 Å². The number of ether oxygens (including phenoxy) is 4. The average molecular weight is 893 g/mol. The maximum absolute atomic E-state index is 12.3. The molecule has 4 N–H and O–H groups in total. The van der Waals surface area contributed by atoms with E-state index in [4.69, 9.17) is 30.4 Å². The summed E-state index contributed by atoms with van der Waals surface area (Å²) in [6.45, 7) is 3.89. The van der Waals surface area contributed by atoms with Gasteiger partial charge in [-0.15, -0.1) is 40.9 Å². The number of carbonyl (C=O) groups excluding carboxylic acids is 4. The van der Waals surface area contributed by atoms with Crippen molar-refractivity contribution in [3.8, 4) is 11.4 Å². The zero-order chi connectivity index (χ0) is 42.8. The van der Waals surface area contributed by atoms with Gasteiger partial charge in [-0.2, -0.15) is 10.2 Å². The minimum Gasteiger partial charge on any atom is -0.465 e. The lowest BCUT2D eigenvalue weighted by Crippen LogP contribution is -2.08. The van der Waals surface area contributed by atoms with Gasteiger partial charge in [0.15, 0.2) is 31.7 Å². The van der Waals surface area contributed by atoms with Crippen LogP contribution in [-0.4, -0.2) is 90.6 Å². The number of azo groups is 2. The van der Waals surface area contributed by atoms with Crippen molar-refractivity contribution >= 4 is 104 Å². The van der Waals surface area contributed by atoms with Gasteiger partial charge in [0.25, 0.3) is 23.2 Å². The molecule has 0 saturated carbocycles. The Balaban J connectivity index is 1.04. The molecule has 6 rings (SSSR count). The van der Waals surface area contributed by atoms with Crippen LogP contribution < -0.4 is 11.5 Å². The number of carbonyl (C=O) groups is 4. The Morgan fingerprint density at radius 1 is 0.667 bits per heavy atom. The SMILES string of the molecule is COC(=O)c1cc(COC=O)cc(-n2nc(C)c(N=Nc3nnc(SCCSc4nnc(N=Nc5c(C)nn(-c6cc(COC=O)cc(C(=O)OC)c6)c5N)s4)s3)c2N)c1. The van der Waals surface area contributed by atoms with E-state index in [9.17, 15) is 19.2 Å². The summed E-state index contributed by atoms with van der Waals surface area (Å²) in [7, 11) is 2.52. The van der Waals surface area contributed by atoms with E-state index in [0.29, 0.717) is 88.7 Å². The third-order valence-electron chi connectivity index (χ3n) is 7.85. The third-order valence-corrected chi connectivity index (χ3v) is 12.0. The number of rotatable bonds is 19. The molecule has 6 aromatic rings. The molecule has 2 aromatic carbocycles. The van der Waals surface area contributed by atoms with E-state index in [1.807, 2.05) is 0 Å². The molecule has 0 aliphatic rings. The van der Waals surface area contributed by atoms with Crippen LogP contribution in [0, 0.1) is 13.8 Å². The van der Waals surface area contributed by atoms with Gasteiger partial charge in [0, 0.05) is 11.5 Å². The lowest BCUT2D eigenvalue weighted by molar-refractivity contribution is -0.130. The summed E-state index contributed by atoms with van der Waals surface area (Å²) in [6.07, 6.45) is 0. The highest BCUT2D eigenvalue weighted by Crippen LogP contribution is 2.36. The van der Waals surface area contributed by atoms with Crippen molar-refractivity contribution in [1.29, 1.82) is 0 Å². The first kappa shape index (κ1) is 43.0. The molecule has 0 radical (unpaired) electrons. The van der Waals surface area contributed by atoms with Crippen LogP contribution >= 0.6 is 46.2 Å². The highest BCUT2D eigenvalue weighted by atomic mass is 32.2. The van der Waals surface area contributed by atoms with Crippen LogP contribution in [0.15, 0.2) is 65.5 Å². The van der Waals surface area contributed by atoms with Gasteiger partial charge in [0.05, 0.1) is 48.1 Å². The molecule has 22 nitrogen and oxygen atoms in total. The van der Waals surface area contributed by atoms with Crippen LogP contribution in [-0.2, 0) is 41.8 Å². The van der Waals surface area contributed by atoms with Gasteiger partial charge in [-0.25, -0.2) is 19.0 Å². The van der Waals surface area contributed by atoms with Crippen LogP contribution in [0.1, 0.15) is 43.2 Å². The standard InChI is InChI=1S/C34H32N14O8S4/c1-17-25(27(35)47(45-17)23-9-19(13-55-15-49)7-21(11-23)29(51)53-3)37-39-31-41-43-33(59-31)57-5-6-58-34-44-42-32(60-34)40-38-26-18(2)46-48(28(26)36)24-10-20(14-56-16-50)8-22(12-24)30(52)54-4/h7-12,15-16H,5-6,13-14,35-36H2,1-4H3. The Hall–Kier alpha value is -6.64. The van der Waals surface area contributed by atoms with Crippen molar-refractivity contribution in [2.24, 2.45) is 20.5 Å². The van der Waals surface area contributed by atoms with Gasteiger partial charge >= 0.3 is 11.9 Å². The molecule has 0 aliphatic heterocycles. The zero-order valence-electron chi connectivity index (χ0n) is 31.9. The number of thioether (sulfide) groups is 2. The maximum Gasteiger partial charge on any atom is 0.337 e. The second kappa shape index (κ2) is 19.9. The van der Waals surface area contributed by atoms with Crippen LogP contribution in [0.4, 0.5) is 33.3 Å². The summed E-state index contributed by atoms with van der Waals surface area (Å²) >= 11 is 5.46. The molecule has 310 valence electrons. The number of esters is 2. The predicted octanol–water partition coefficient (Wildman–Crippen LogP) is 6.18. The predicted molar refractivity (Wildman–Crippen MR) is 219 cm³/mol. The monoisotopic (exact) mass is 892 g/mol. The topological polar surface area (TPSA) is 294 Å². The smallest absolute Gasteiger partial charge is 0.337 e. The Bertz CT molecular complexity index is 2430. The number of nitrogens with two attached hydrogens (primary N) is 2. The van der Waals surface area contributed by atoms with Crippen LogP contribution in [0.5, 0.6) is 0 Å². The Labute approximate surface area is 355 Å². The molecule has 0 atom stereocenters. The average Bonchev–Trinajstić information content (AvgIpc) is 4.04. The summed E-state index contributed by atoms with van der Waals surface area (Å²) in [5.74, 6) is 0.489. The molecule has 0 amide bonds. The number of anilines is 2. The number of aryl methyl sites for hydroxylation is 2. The van der Waals surface area contributed by atoms with Crippen molar-refractivity contribution < 1.29 is 38.1 Å². The lowest BCUT2D eigenvalue weighted by atomic mass is 10.1. The molecule has 0 spiro atoms. The first-order valence-electron chi connectivity index (χ1n) is 17.0. The second-order valence-corrected chi connectivity index (χ2v) is 16.4. The zero-order valence-corrected chi connectivity index (χ0v) is 35.1. The van der Waals surface area contributed by atoms with Crippen molar-refractivity contribution in [2.75, 3.05) is 37.2 Å². The van der Waals surface area contributed by atoms with E-state index in [1.54, 1.807) is 50.2 Å². The first-order valence-corrected chi connectivity index (χ1v) is 20.6. The molecule has 4 heterocycles. The number of hydrogen-bond acceptors (Lipinski definition) is 24. The van der Waals surface area contributed by atoms with Gasteiger partial charge in [-0.3, -0.25) is 9.59 Å². The van der Waals surface area contributed by atoms with Crippen LogP contribution in [0.2, 0.25) is 0 Å². The summed E-state index contributed by atoms with van der Waals surface area (Å²) in [5.41, 5.74) is 16.7. The summed E-state index contributed by atoms with van der Waals surface area (Å²) < 4.78 is 23.6. The number of methoxy groups -OCH3 is 2. The molecule has 26 heteroatoms. The highest BCUT2D eigenvalue weighted by Gasteiger charge is 2.19. The van der Waals surface area contributed by atoms with E-state index < -0.39 is 11.9 Å². The van der Waals surface area contributed by atoms with Crippen molar-refractivity contribution in [3.63, 3.8) is 0 Å². The Kier molecular flexibility index (Phi) is 14.2. The molecule has 0 unspecified atom stereocenters. The summed E-state index contributed by atoms with van der Waals surface area (Å²) in [4.78, 5) is 46.1. The van der Waals surface area contributed by atoms with Gasteiger partial charge in [-0.05, 0) is 61.4 Å². The lowest BCUT2D eigenvalue weighted by Gasteiger charge is -2.10. The molecule has 0 bridgehead atoms. The number of aromatic nitrogens is 8. The Morgan fingerprint density at radius 3 is 1.47 bits per heavy atom. The molecule has 0 saturated heterocycles. The fourth-order valence-corrected chi connectivity index (χ4v) is 8.69. The molecular formula is C34H32N14O8S4. The molecule has 0 aliphatic carbocycles. The van der Waals surface area contributed by atoms with Crippen molar-refractivity contribution in [2.45, 2.75) is 35.7 Å². The fraction of sp³-hybridized carbons (Fsp3) is 0.235. The van der Waals surface area contributed by atoms with Crippen LogP contribution in [0.3, 0.4) is 0 Å². The highest BCUT2D eigenvalue weighted by molar-refractivity contribution is 8.04. The van der Waals surface area contributed by atoms with E-state index >= 15 is 0 Å². The molecule has 0 fully saturated rings.